The fraction of sp³-hybridized carbons (Fsp3) is 0.545. The second-order valence-corrected chi connectivity index (χ2v) is 9.47. The Labute approximate surface area is 133 Å². The molecule has 4 fully saturated rings. The van der Waals surface area contributed by atoms with Gasteiger partial charge in [-0.3, -0.25) is 0 Å². The summed E-state index contributed by atoms with van der Waals surface area (Å²) in [6.07, 6.45) is 8.72. The van der Waals surface area contributed by atoms with Crippen LogP contribution in [-0.2, 0) is 5.41 Å². The zero-order valence-electron chi connectivity index (χ0n) is 13.9. The number of rotatable bonds is 1. The molecular weight excluding hydrogens is 264 g/mol. The lowest BCUT2D eigenvalue weighted by atomic mass is 9.39. The van der Waals surface area contributed by atoms with Gasteiger partial charge >= 0.3 is 0 Å². The highest BCUT2D eigenvalue weighted by molar-refractivity contribution is 5.83. The third-order valence-corrected chi connectivity index (χ3v) is 6.99. The van der Waals surface area contributed by atoms with Crippen LogP contribution in [0.15, 0.2) is 42.5 Å². The number of benzene rings is 2. The molecule has 0 aromatic heterocycles. The molecule has 4 aliphatic rings. The van der Waals surface area contributed by atoms with Gasteiger partial charge in [0.15, 0.2) is 0 Å². The van der Waals surface area contributed by atoms with Crippen LogP contribution in [0.4, 0.5) is 0 Å². The van der Waals surface area contributed by atoms with E-state index in [1.54, 1.807) is 5.56 Å². The highest BCUT2D eigenvalue weighted by Crippen LogP contribution is 2.69. The quantitative estimate of drug-likeness (QED) is 0.596. The van der Waals surface area contributed by atoms with Crippen LogP contribution >= 0.6 is 0 Å². The second-order valence-electron chi connectivity index (χ2n) is 9.47. The Bertz CT molecular complexity index is 737. The predicted octanol–water partition coefficient (Wildman–Crippen LogP) is 6.09. The van der Waals surface area contributed by atoms with Crippen LogP contribution in [0.1, 0.15) is 57.9 Å². The molecule has 4 saturated carbocycles. The molecule has 0 spiro atoms. The van der Waals surface area contributed by atoms with E-state index in [9.17, 15) is 0 Å². The maximum absolute atomic E-state index is 2.57. The molecule has 22 heavy (non-hydrogen) atoms. The van der Waals surface area contributed by atoms with Gasteiger partial charge in [-0.25, -0.2) is 0 Å². The lowest BCUT2D eigenvalue weighted by molar-refractivity contribution is -0.109. The van der Waals surface area contributed by atoms with Crippen molar-refractivity contribution in [3.8, 4) is 0 Å². The first-order valence-corrected chi connectivity index (χ1v) is 8.97. The Morgan fingerprint density at radius 1 is 0.773 bits per heavy atom. The molecule has 2 aromatic rings. The van der Waals surface area contributed by atoms with Crippen molar-refractivity contribution < 1.29 is 0 Å². The van der Waals surface area contributed by atoms with Gasteiger partial charge in [0, 0.05) is 0 Å². The number of hydrogen-bond donors (Lipinski definition) is 0. The van der Waals surface area contributed by atoms with Crippen molar-refractivity contribution in [2.45, 2.75) is 57.8 Å². The van der Waals surface area contributed by atoms with Gasteiger partial charge in [-0.1, -0.05) is 56.3 Å². The molecule has 0 radical (unpaired) electrons. The van der Waals surface area contributed by atoms with E-state index in [2.05, 4.69) is 56.3 Å². The zero-order chi connectivity index (χ0) is 15.0. The molecular formula is C22H26. The summed E-state index contributed by atoms with van der Waals surface area (Å²) in [7, 11) is 0. The van der Waals surface area contributed by atoms with E-state index in [1.165, 1.54) is 49.3 Å². The normalized spacial score (nSPS) is 42.9. The maximum atomic E-state index is 2.57. The SMILES string of the molecule is C[C@]12CC3CC(c4ccc5ccccc5c4)(C1)C[C@@](C)(C3)C2. The van der Waals surface area contributed by atoms with Crippen LogP contribution in [-0.4, -0.2) is 0 Å². The highest BCUT2D eigenvalue weighted by atomic mass is 14.6. The number of fused-ring (bicyclic) bond motifs is 1. The van der Waals surface area contributed by atoms with Crippen molar-refractivity contribution in [1.29, 1.82) is 0 Å². The molecule has 0 nitrogen and oxygen atoms in total. The lowest BCUT2D eigenvalue weighted by Crippen LogP contribution is -2.56. The molecule has 0 heterocycles. The molecule has 2 unspecified atom stereocenters. The third-order valence-electron chi connectivity index (χ3n) is 6.99. The van der Waals surface area contributed by atoms with Gasteiger partial charge in [0.25, 0.3) is 0 Å². The van der Waals surface area contributed by atoms with Crippen molar-refractivity contribution in [3.05, 3.63) is 48.0 Å². The topological polar surface area (TPSA) is 0 Å². The maximum Gasteiger partial charge on any atom is -0.00338 e. The van der Waals surface area contributed by atoms with Crippen molar-refractivity contribution >= 4 is 10.8 Å². The van der Waals surface area contributed by atoms with Gasteiger partial charge in [-0.15, -0.1) is 0 Å². The van der Waals surface area contributed by atoms with E-state index in [1.807, 2.05) is 0 Å². The largest absolute Gasteiger partial charge is 0.0616 e. The third kappa shape index (κ3) is 1.76. The predicted molar refractivity (Wildman–Crippen MR) is 93.0 cm³/mol. The highest BCUT2D eigenvalue weighted by Gasteiger charge is 2.60. The Morgan fingerprint density at radius 2 is 1.45 bits per heavy atom. The summed E-state index contributed by atoms with van der Waals surface area (Å²) in [6.45, 7) is 5.15. The van der Waals surface area contributed by atoms with E-state index in [0.29, 0.717) is 16.2 Å². The monoisotopic (exact) mass is 290 g/mol. The Balaban J connectivity index is 1.66. The average Bonchev–Trinajstić information content (AvgIpc) is 2.43. The standard InChI is InChI=1S/C22H26/c1-20-10-16-11-21(2,13-20)15-22(12-16,14-20)19-8-7-17-5-3-4-6-18(17)9-19/h3-9,16H,10-15H2,1-2H3/t16?,20-,21+,22?. The molecule has 6 rings (SSSR count). The van der Waals surface area contributed by atoms with Gasteiger partial charge in [0.2, 0.25) is 0 Å². The summed E-state index contributed by atoms with van der Waals surface area (Å²) in [5.74, 6) is 0.970. The minimum Gasteiger partial charge on any atom is -0.0616 e. The van der Waals surface area contributed by atoms with Crippen molar-refractivity contribution in [2.24, 2.45) is 16.7 Å². The Kier molecular flexibility index (Phi) is 2.37. The summed E-state index contributed by atoms with van der Waals surface area (Å²) in [4.78, 5) is 0. The van der Waals surface area contributed by atoms with Gasteiger partial charge in [-0.05, 0) is 77.0 Å². The van der Waals surface area contributed by atoms with Crippen LogP contribution in [0.25, 0.3) is 10.8 Å². The summed E-state index contributed by atoms with van der Waals surface area (Å²) < 4.78 is 0. The number of hydrogen-bond acceptors (Lipinski definition) is 0. The van der Waals surface area contributed by atoms with Crippen molar-refractivity contribution in [1.82, 2.24) is 0 Å². The molecule has 0 amide bonds. The van der Waals surface area contributed by atoms with Gasteiger partial charge in [-0.2, -0.15) is 0 Å². The first-order valence-electron chi connectivity index (χ1n) is 8.97. The van der Waals surface area contributed by atoms with E-state index in [4.69, 9.17) is 0 Å². The molecule has 0 saturated heterocycles. The van der Waals surface area contributed by atoms with Crippen molar-refractivity contribution in [2.75, 3.05) is 0 Å². The summed E-state index contributed by atoms with van der Waals surface area (Å²) in [6, 6.07) is 16.2. The van der Waals surface area contributed by atoms with E-state index < -0.39 is 0 Å². The van der Waals surface area contributed by atoms with Crippen LogP contribution in [0, 0.1) is 16.7 Å². The molecule has 0 aliphatic heterocycles. The Hall–Kier alpha value is -1.30. The summed E-state index contributed by atoms with van der Waals surface area (Å²) in [5, 5.41) is 2.81. The fourth-order valence-corrected chi connectivity index (χ4v) is 7.29. The van der Waals surface area contributed by atoms with E-state index >= 15 is 0 Å². The van der Waals surface area contributed by atoms with Gasteiger partial charge in [0.05, 0.1) is 0 Å². The molecule has 114 valence electrons. The zero-order valence-corrected chi connectivity index (χ0v) is 13.9. The molecule has 0 N–H and O–H groups in total. The first-order chi connectivity index (χ1) is 10.5. The summed E-state index contributed by atoms with van der Waals surface area (Å²) >= 11 is 0. The van der Waals surface area contributed by atoms with Crippen LogP contribution in [0.2, 0.25) is 0 Å². The van der Waals surface area contributed by atoms with Crippen LogP contribution in [0.5, 0.6) is 0 Å². The Morgan fingerprint density at radius 3 is 2.14 bits per heavy atom. The van der Waals surface area contributed by atoms with Gasteiger partial charge < -0.3 is 0 Å². The minimum absolute atomic E-state index is 0.465. The van der Waals surface area contributed by atoms with Crippen LogP contribution in [0.3, 0.4) is 0 Å². The minimum atomic E-state index is 0.465. The second kappa shape index (κ2) is 3.96. The average molecular weight is 290 g/mol. The molecule has 4 aliphatic carbocycles. The van der Waals surface area contributed by atoms with E-state index in [-0.39, 0.29) is 0 Å². The lowest BCUT2D eigenvalue weighted by Gasteiger charge is -2.65. The van der Waals surface area contributed by atoms with Crippen molar-refractivity contribution in [3.63, 3.8) is 0 Å². The van der Waals surface area contributed by atoms with Gasteiger partial charge in [0.1, 0.15) is 0 Å². The molecule has 4 bridgehead atoms. The fourth-order valence-electron chi connectivity index (χ4n) is 7.29. The smallest absolute Gasteiger partial charge is 0.00338 e. The molecule has 0 heteroatoms. The van der Waals surface area contributed by atoms with E-state index in [0.717, 1.165) is 5.92 Å². The summed E-state index contributed by atoms with van der Waals surface area (Å²) in [5.41, 5.74) is 3.29. The first kappa shape index (κ1) is 13.2. The molecule has 2 aromatic carbocycles. The van der Waals surface area contributed by atoms with Crippen LogP contribution < -0.4 is 0 Å². The molecule has 4 atom stereocenters.